The molecule has 1 aliphatic carbocycles. The van der Waals surface area contributed by atoms with Crippen LogP contribution >= 0.6 is 27.3 Å². The normalized spacial score (nSPS) is 15.7. The van der Waals surface area contributed by atoms with Gasteiger partial charge in [-0.25, -0.2) is 0 Å². The van der Waals surface area contributed by atoms with Crippen LogP contribution in [0, 0.1) is 0 Å². The fraction of sp³-hybridized carbons (Fsp3) is 0.438. The van der Waals surface area contributed by atoms with E-state index in [1.165, 1.54) is 43.4 Å². The molecule has 1 heterocycles. The van der Waals surface area contributed by atoms with Crippen molar-refractivity contribution in [1.82, 2.24) is 10.2 Å². The Labute approximate surface area is 142 Å². The van der Waals surface area contributed by atoms with Crippen LogP contribution in [0.1, 0.15) is 48.6 Å². The number of carbonyl (C=O) groups excluding carboxylic acids is 1. The molecule has 0 radical (unpaired) electrons. The summed E-state index contributed by atoms with van der Waals surface area (Å²) in [6.45, 7) is 0. The van der Waals surface area contributed by atoms with Gasteiger partial charge in [-0.1, -0.05) is 58.7 Å². The first-order valence-corrected chi connectivity index (χ1v) is 9.19. The number of amides is 1. The number of aromatic nitrogens is 2. The van der Waals surface area contributed by atoms with E-state index in [4.69, 9.17) is 0 Å². The summed E-state index contributed by atoms with van der Waals surface area (Å²) in [4.78, 5) is 12.1. The third kappa shape index (κ3) is 4.14. The fourth-order valence-corrected chi connectivity index (χ4v) is 3.94. The zero-order valence-electron chi connectivity index (χ0n) is 12.2. The van der Waals surface area contributed by atoms with Crippen molar-refractivity contribution in [2.75, 3.05) is 5.32 Å². The van der Waals surface area contributed by atoms with Crippen LogP contribution in [0.5, 0.6) is 0 Å². The van der Waals surface area contributed by atoms with Gasteiger partial charge in [0.15, 0.2) is 0 Å². The average molecular weight is 380 g/mol. The molecule has 1 saturated carbocycles. The number of carbonyl (C=O) groups is 1. The van der Waals surface area contributed by atoms with Gasteiger partial charge in [0.05, 0.1) is 6.42 Å². The summed E-state index contributed by atoms with van der Waals surface area (Å²) < 4.78 is 1.01. The lowest BCUT2D eigenvalue weighted by atomic mass is 9.90. The molecule has 4 nitrogen and oxygen atoms in total. The molecular formula is C16H18BrN3OS. The molecule has 0 aliphatic heterocycles. The first kappa shape index (κ1) is 15.6. The van der Waals surface area contributed by atoms with Crippen molar-refractivity contribution in [3.8, 4) is 0 Å². The van der Waals surface area contributed by atoms with Crippen LogP contribution in [0.3, 0.4) is 0 Å². The van der Waals surface area contributed by atoms with E-state index < -0.39 is 0 Å². The Hall–Kier alpha value is -1.27. The summed E-state index contributed by atoms with van der Waals surface area (Å²) in [7, 11) is 0. The Morgan fingerprint density at radius 2 is 1.91 bits per heavy atom. The number of nitrogens with zero attached hydrogens (tertiary/aromatic N) is 2. The number of rotatable bonds is 4. The van der Waals surface area contributed by atoms with Gasteiger partial charge in [0.2, 0.25) is 11.0 Å². The van der Waals surface area contributed by atoms with E-state index >= 15 is 0 Å². The smallest absolute Gasteiger partial charge is 0.230 e. The van der Waals surface area contributed by atoms with Gasteiger partial charge in [0.25, 0.3) is 0 Å². The van der Waals surface area contributed by atoms with E-state index in [0.717, 1.165) is 15.0 Å². The zero-order valence-corrected chi connectivity index (χ0v) is 14.6. The quantitative estimate of drug-likeness (QED) is 0.848. The van der Waals surface area contributed by atoms with E-state index in [2.05, 4.69) is 31.4 Å². The molecule has 3 rings (SSSR count). The van der Waals surface area contributed by atoms with Gasteiger partial charge in [-0.05, 0) is 30.5 Å². The van der Waals surface area contributed by atoms with E-state index in [-0.39, 0.29) is 5.91 Å². The van der Waals surface area contributed by atoms with E-state index in [1.54, 1.807) is 0 Å². The molecule has 6 heteroatoms. The van der Waals surface area contributed by atoms with Crippen molar-refractivity contribution in [2.24, 2.45) is 0 Å². The molecule has 1 aromatic heterocycles. The van der Waals surface area contributed by atoms with Crippen molar-refractivity contribution < 1.29 is 4.79 Å². The summed E-state index contributed by atoms with van der Waals surface area (Å²) in [5, 5.41) is 12.9. The lowest BCUT2D eigenvalue weighted by molar-refractivity contribution is -0.115. The van der Waals surface area contributed by atoms with Crippen LogP contribution in [-0.2, 0) is 11.2 Å². The SMILES string of the molecule is O=C(Cc1ccc(Br)cc1)Nc1nnc(C2CCCCC2)s1. The van der Waals surface area contributed by atoms with Gasteiger partial charge in [-0.2, -0.15) is 0 Å². The minimum Gasteiger partial charge on any atom is -0.300 e. The molecular weight excluding hydrogens is 362 g/mol. The second-order valence-electron chi connectivity index (χ2n) is 5.63. The van der Waals surface area contributed by atoms with Crippen molar-refractivity contribution in [3.63, 3.8) is 0 Å². The first-order valence-electron chi connectivity index (χ1n) is 7.58. The number of hydrogen-bond donors (Lipinski definition) is 1. The Kier molecular flexibility index (Phi) is 5.20. The summed E-state index contributed by atoms with van der Waals surface area (Å²) in [5.41, 5.74) is 0.984. The minimum absolute atomic E-state index is 0.0475. The van der Waals surface area contributed by atoms with Crippen LogP contribution in [-0.4, -0.2) is 16.1 Å². The molecule has 0 unspecified atom stereocenters. The lowest BCUT2D eigenvalue weighted by Gasteiger charge is -2.18. The molecule has 1 amide bonds. The number of halogens is 1. The highest BCUT2D eigenvalue weighted by Gasteiger charge is 2.20. The molecule has 116 valence electrons. The van der Waals surface area contributed by atoms with Gasteiger partial charge >= 0.3 is 0 Å². The third-order valence-electron chi connectivity index (χ3n) is 3.92. The minimum atomic E-state index is -0.0475. The molecule has 2 aromatic rings. The van der Waals surface area contributed by atoms with E-state index in [9.17, 15) is 4.79 Å². The van der Waals surface area contributed by atoms with Crippen LogP contribution in [0.25, 0.3) is 0 Å². The lowest BCUT2D eigenvalue weighted by Crippen LogP contribution is -2.14. The maximum Gasteiger partial charge on any atom is 0.230 e. The fourth-order valence-electron chi connectivity index (χ4n) is 2.75. The summed E-state index contributed by atoms with van der Waals surface area (Å²) in [5.74, 6) is 0.483. The van der Waals surface area contributed by atoms with Crippen molar-refractivity contribution >= 4 is 38.3 Å². The van der Waals surface area contributed by atoms with Crippen LogP contribution in [0.15, 0.2) is 28.7 Å². The van der Waals surface area contributed by atoms with E-state index in [0.29, 0.717) is 17.5 Å². The highest BCUT2D eigenvalue weighted by atomic mass is 79.9. The Morgan fingerprint density at radius 1 is 1.18 bits per heavy atom. The number of anilines is 1. The molecule has 1 N–H and O–H groups in total. The molecule has 1 aliphatic rings. The molecule has 0 bridgehead atoms. The molecule has 0 spiro atoms. The average Bonchev–Trinajstić information content (AvgIpc) is 2.99. The maximum atomic E-state index is 12.1. The zero-order chi connectivity index (χ0) is 15.4. The summed E-state index contributed by atoms with van der Waals surface area (Å²) in [6.07, 6.45) is 6.62. The predicted molar refractivity (Wildman–Crippen MR) is 92.2 cm³/mol. The Balaban J connectivity index is 1.57. The van der Waals surface area contributed by atoms with Gasteiger partial charge in [-0.3, -0.25) is 4.79 Å². The van der Waals surface area contributed by atoms with Gasteiger partial charge < -0.3 is 5.32 Å². The van der Waals surface area contributed by atoms with Crippen LogP contribution in [0.4, 0.5) is 5.13 Å². The largest absolute Gasteiger partial charge is 0.300 e. The molecule has 0 saturated heterocycles. The Bertz CT molecular complexity index is 635. The van der Waals surface area contributed by atoms with Gasteiger partial charge in [0.1, 0.15) is 5.01 Å². The summed E-state index contributed by atoms with van der Waals surface area (Å²) >= 11 is 4.91. The van der Waals surface area contributed by atoms with Gasteiger partial charge in [-0.15, -0.1) is 10.2 Å². The highest BCUT2D eigenvalue weighted by Crippen LogP contribution is 2.35. The van der Waals surface area contributed by atoms with Crippen molar-refractivity contribution in [3.05, 3.63) is 39.3 Å². The maximum absolute atomic E-state index is 12.1. The van der Waals surface area contributed by atoms with E-state index in [1.807, 2.05) is 24.3 Å². The standard InChI is InChI=1S/C16H18BrN3OS/c17-13-8-6-11(7-9-13)10-14(21)18-16-20-19-15(22-16)12-4-2-1-3-5-12/h6-9,12H,1-5,10H2,(H,18,20,21). The number of benzene rings is 1. The monoisotopic (exact) mass is 379 g/mol. The summed E-state index contributed by atoms with van der Waals surface area (Å²) in [6, 6.07) is 7.76. The highest BCUT2D eigenvalue weighted by molar-refractivity contribution is 9.10. The number of hydrogen-bond acceptors (Lipinski definition) is 4. The van der Waals surface area contributed by atoms with Crippen LogP contribution in [0.2, 0.25) is 0 Å². The van der Waals surface area contributed by atoms with Crippen LogP contribution < -0.4 is 5.32 Å². The second kappa shape index (κ2) is 7.33. The van der Waals surface area contributed by atoms with Crippen molar-refractivity contribution in [2.45, 2.75) is 44.4 Å². The second-order valence-corrected chi connectivity index (χ2v) is 7.56. The number of nitrogens with one attached hydrogen (secondary N) is 1. The molecule has 1 aromatic carbocycles. The topological polar surface area (TPSA) is 54.9 Å². The van der Waals surface area contributed by atoms with Crippen molar-refractivity contribution in [1.29, 1.82) is 0 Å². The molecule has 22 heavy (non-hydrogen) atoms. The van der Waals surface area contributed by atoms with Gasteiger partial charge in [0, 0.05) is 10.4 Å². The first-order chi connectivity index (χ1) is 10.7. The Morgan fingerprint density at radius 3 is 2.64 bits per heavy atom. The molecule has 1 fully saturated rings. The third-order valence-corrected chi connectivity index (χ3v) is 5.45. The predicted octanol–water partition coefficient (Wildman–Crippen LogP) is 4.53. The molecule has 0 atom stereocenters.